The van der Waals surface area contributed by atoms with Crippen molar-refractivity contribution in [1.29, 1.82) is 0 Å². The smallest absolute Gasteiger partial charge is 0.316 e. The zero-order valence-corrected chi connectivity index (χ0v) is 12.4. The number of carbonyl (C=O) groups is 2. The standard InChI is InChI=1S/C15H23N3O2/c1-12-4-6-13(7-5-12)8-9-14(19)16-10-11-17-15(20)18(2)3/h4-7H,8-11H2,1-3H3,(H,16,19)(H,17,20). The van der Waals surface area contributed by atoms with Crippen LogP contribution >= 0.6 is 0 Å². The molecule has 20 heavy (non-hydrogen) atoms. The van der Waals surface area contributed by atoms with Gasteiger partial charge in [-0.05, 0) is 18.9 Å². The van der Waals surface area contributed by atoms with Crippen molar-refractivity contribution < 1.29 is 9.59 Å². The molecular formula is C15H23N3O2. The Morgan fingerprint density at radius 1 is 1.05 bits per heavy atom. The van der Waals surface area contributed by atoms with Gasteiger partial charge in [0.1, 0.15) is 0 Å². The van der Waals surface area contributed by atoms with Gasteiger partial charge in [-0.3, -0.25) is 4.79 Å². The second-order valence-electron chi connectivity index (χ2n) is 4.96. The predicted molar refractivity (Wildman–Crippen MR) is 79.6 cm³/mol. The van der Waals surface area contributed by atoms with Gasteiger partial charge in [-0.25, -0.2) is 4.79 Å². The van der Waals surface area contributed by atoms with Gasteiger partial charge in [0.2, 0.25) is 5.91 Å². The van der Waals surface area contributed by atoms with Gasteiger partial charge >= 0.3 is 6.03 Å². The summed E-state index contributed by atoms with van der Waals surface area (Å²) in [6.45, 7) is 2.93. The van der Waals surface area contributed by atoms with Gasteiger partial charge in [0.25, 0.3) is 0 Å². The van der Waals surface area contributed by atoms with E-state index in [1.165, 1.54) is 10.5 Å². The van der Waals surface area contributed by atoms with Crippen LogP contribution in [0.2, 0.25) is 0 Å². The van der Waals surface area contributed by atoms with Crippen LogP contribution in [-0.2, 0) is 11.2 Å². The highest BCUT2D eigenvalue weighted by Crippen LogP contribution is 2.05. The van der Waals surface area contributed by atoms with E-state index < -0.39 is 0 Å². The fourth-order valence-electron chi connectivity index (χ4n) is 1.63. The molecule has 0 atom stereocenters. The second-order valence-corrected chi connectivity index (χ2v) is 4.96. The molecule has 1 aromatic carbocycles. The highest BCUT2D eigenvalue weighted by Gasteiger charge is 2.03. The highest BCUT2D eigenvalue weighted by atomic mass is 16.2. The number of hydrogen-bond acceptors (Lipinski definition) is 2. The van der Waals surface area contributed by atoms with Crippen LogP contribution in [0, 0.1) is 6.92 Å². The summed E-state index contributed by atoms with van der Waals surface area (Å²) in [5.74, 6) is 0.00433. The first-order valence-corrected chi connectivity index (χ1v) is 6.76. The maximum absolute atomic E-state index is 11.6. The maximum atomic E-state index is 11.6. The molecule has 0 bridgehead atoms. The molecule has 0 saturated carbocycles. The van der Waals surface area contributed by atoms with Crippen molar-refractivity contribution in [3.05, 3.63) is 35.4 Å². The zero-order valence-electron chi connectivity index (χ0n) is 12.4. The average Bonchev–Trinajstić information content (AvgIpc) is 2.42. The van der Waals surface area contributed by atoms with Gasteiger partial charge in [-0.15, -0.1) is 0 Å². The quantitative estimate of drug-likeness (QED) is 0.770. The van der Waals surface area contributed by atoms with E-state index >= 15 is 0 Å². The second kappa shape index (κ2) is 8.19. The zero-order chi connectivity index (χ0) is 15.0. The molecular weight excluding hydrogens is 254 g/mol. The van der Waals surface area contributed by atoms with Crippen molar-refractivity contribution in [1.82, 2.24) is 15.5 Å². The minimum atomic E-state index is -0.154. The number of amides is 3. The Hall–Kier alpha value is -2.04. The summed E-state index contributed by atoms with van der Waals surface area (Å²) in [7, 11) is 3.35. The molecule has 0 unspecified atom stereocenters. The van der Waals surface area contributed by atoms with Crippen molar-refractivity contribution >= 4 is 11.9 Å². The number of carbonyl (C=O) groups excluding carboxylic acids is 2. The normalized spacial score (nSPS) is 9.95. The molecule has 5 heteroatoms. The number of urea groups is 1. The van der Waals surface area contributed by atoms with E-state index in [9.17, 15) is 9.59 Å². The SMILES string of the molecule is Cc1ccc(CCC(=O)NCCNC(=O)N(C)C)cc1. The molecule has 1 aromatic rings. The van der Waals surface area contributed by atoms with Crippen LogP contribution in [0.15, 0.2) is 24.3 Å². The molecule has 5 nitrogen and oxygen atoms in total. The minimum Gasteiger partial charge on any atom is -0.354 e. The van der Waals surface area contributed by atoms with Crippen LogP contribution < -0.4 is 10.6 Å². The Kier molecular flexibility index (Phi) is 6.56. The van der Waals surface area contributed by atoms with Gasteiger partial charge < -0.3 is 15.5 Å². The van der Waals surface area contributed by atoms with E-state index in [2.05, 4.69) is 10.6 Å². The molecule has 2 N–H and O–H groups in total. The van der Waals surface area contributed by atoms with Crippen LogP contribution in [-0.4, -0.2) is 44.0 Å². The van der Waals surface area contributed by atoms with Gasteiger partial charge in [-0.2, -0.15) is 0 Å². The van der Waals surface area contributed by atoms with E-state index in [4.69, 9.17) is 0 Å². The van der Waals surface area contributed by atoms with Crippen LogP contribution in [0.25, 0.3) is 0 Å². The molecule has 0 aliphatic carbocycles. The third-order valence-corrected chi connectivity index (χ3v) is 2.89. The lowest BCUT2D eigenvalue weighted by atomic mass is 10.1. The van der Waals surface area contributed by atoms with Gasteiger partial charge in [0.15, 0.2) is 0 Å². The predicted octanol–water partition coefficient (Wildman–Crippen LogP) is 1.32. The van der Waals surface area contributed by atoms with Gasteiger partial charge in [0, 0.05) is 33.6 Å². The average molecular weight is 277 g/mol. The van der Waals surface area contributed by atoms with E-state index in [0.717, 1.165) is 12.0 Å². The monoisotopic (exact) mass is 277 g/mol. The third-order valence-electron chi connectivity index (χ3n) is 2.89. The first-order chi connectivity index (χ1) is 9.49. The molecule has 0 spiro atoms. The minimum absolute atomic E-state index is 0.00433. The summed E-state index contributed by atoms with van der Waals surface area (Å²) in [5.41, 5.74) is 2.38. The molecule has 0 aliphatic rings. The lowest BCUT2D eigenvalue weighted by Crippen LogP contribution is -2.39. The lowest BCUT2D eigenvalue weighted by Gasteiger charge is -2.12. The number of rotatable bonds is 6. The molecule has 0 heterocycles. The van der Waals surface area contributed by atoms with Crippen LogP contribution in [0.5, 0.6) is 0 Å². The van der Waals surface area contributed by atoms with E-state index in [1.54, 1.807) is 14.1 Å². The highest BCUT2D eigenvalue weighted by molar-refractivity contribution is 5.76. The molecule has 0 aliphatic heterocycles. The lowest BCUT2D eigenvalue weighted by molar-refractivity contribution is -0.121. The Bertz CT molecular complexity index is 441. The molecule has 0 saturated heterocycles. The molecule has 0 fully saturated rings. The third kappa shape index (κ3) is 6.22. The van der Waals surface area contributed by atoms with E-state index in [-0.39, 0.29) is 11.9 Å². The summed E-state index contributed by atoms with van der Waals surface area (Å²) < 4.78 is 0. The summed E-state index contributed by atoms with van der Waals surface area (Å²) in [4.78, 5) is 24.3. The molecule has 110 valence electrons. The number of nitrogens with one attached hydrogen (secondary N) is 2. The first kappa shape index (κ1) is 16.0. The number of nitrogens with zero attached hydrogens (tertiary/aromatic N) is 1. The van der Waals surface area contributed by atoms with E-state index in [0.29, 0.717) is 19.5 Å². The molecule has 0 aromatic heterocycles. The van der Waals surface area contributed by atoms with Crippen molar-refractivity contribution in [3.63, 3.8) is 0 Å². The number of benzene rings is 1. The first-order valence-electron chi connectivity index (χ1n) is 6.76. The summed E-state index contributed by atoms with van der Waals surface area (Å²) in [6.07, 6.45) is 1.20. The van der Waals surface area contributed by atoms with Crippen LogP contribution in [0.1, 0.15) is 17.5 Å². The Balaban J connectivity index is 2.14. The fraction of sp³-hybridized carbons (Fsp3) is 0.467. The Morgan fingerprint density at radius 2 is 1.65 bits per heavy atom. The number of aryl methyl sites for hydroxylation is 2. The number of hydrogen-bond donors (Lipinski definition) is 2. The molecule has 1 rings (SSSR count). The van der Waals surface area contributed by atoms with Gasteiger partial charge in [0.05, 0.1) is 0 Å². The Morgan fingerprint density at radius 3 is 2.25 bits per heavy atom. The fourth-order valence-corrected chi connectivity index (χ4v) is 1.63. The largest absolute Gasteiger partial charge is 0.354 e. The molecule has 3 amide bonds. The Labute approximate surface area is 120 Å². The van der Waals surface area contributed by atoms with Crippen molar-refractivity contribution in [2.45, 2.75) is 19.8 Å². The maximum Gasteiger partial charge on any atom is 0.316 e. The van der Waals surface area contributed by atoms with Crippen molar-refractivity contribution in [2.75, 3.05) is 27.2 Å². The summed E-state index contributed by atoms with van der Waals surface area (Å²) in [6, 6.07) is 8.02. The molecule has 0 radical (unpaired) electrons. The summed E-state index contributed by atoms with van der Waals surface area (Å²) >= 11 is 0. The van der Waals surface area contributed by atoms with E-state index in [1.807, 2.05) is 31.2 Å². The van der Waals surface area contributed by atoms with Gasteiger partial charge in [-0.1, -0.05) is 29.8 Å². The van der Waals surface area contributed by atoms with Crippen LogP contribution in [0.4, 0.5) is 4.79 Å². The van der Waals surface area contributed by atoms with Crippen molar-refractivity contribution in [3.8, 4) is 0 Å². The van der Waals surface area contributed by atoms with Crippen molar-refractivity contribution in [2.24, 2.45) is 0 Å². The topological polar surface area (TPSA) is 61.4 Å². The van der Waals surface area contributed by atoms with Crippen LogP contribution in [0.3, 0.4) is 0 Å². The summed E-state index contributed by atoms with van der Waals surface area (Å²) in [5, 5.41) is 5.48.